The number of thiazole rings is 1. The van der Waals surface area contributed by atoms with E-state index in [9.17, 15) is 10.1 Å². The minimum atomic E-state index is -0.429. The summed E-state index contributed by atoms with van der Waals surface area (Å²) in [7, 11) is 0. The fourth-order valence-electron chi connectivity index (χ4n) is 2.24. The number of hydrogen-bond acceptors (Lipinski definition) is 5. The fourth-order valence-corrected chi connectivity index (χ4v) is 3.73. The molecule has 4 nitrogen and oxygen atoms in total. The van der Waals surface area contributed by atoms with Crippen LogP contribution in [0.2, 0.25) is 0 Å². The number of aromatic nitrogens is 1. The van der Waals surface area contributed by atoms with E-state index in [-0.39, 0.29) is 5.57 Å². The number of amides is 1. The summed E-state index contributed by atoms with van der Waals surface area (Å²) in [6, 6.07) is 9.64. The molecule has 0 aliphatic heterocycles. The molecule has 0 atom stereocenters. The topological polar surface area (TPSA) is 65.8 Å². The lowest BCUT2D eigenvalue weighted by Crippen LogP contribution is -2.14. The number of nitrogens with one attached hydrogen (secondary N) is 1. The Morgan fingerprint density at radius 3 is 2.84 bits per heavy atom. The van der Waals surface area contributed by atoms with Gasteiger partial charge in [0.2, 0.25) is 0 Å². The smallest absolute Gasteiger partial charge is 0.266 e. The second-order valence-corrected chi connectivity index (χ2v) is 7.10. The Bertz CT molecular complexity index is 979. The Morgan fingerprint density at radius 1 is 1.28 bits per heavy atom. The van der Waals surface area contributed by atoms with Crippen molar-refractivity contribution in [2.45, 2.75) is 13.8 Å². The first-order valence-electron chi connectivity index (χ1n) is 7.56. The van der Waals surface area contributed by atoms with Crippen LogP contribution in [0.25, 0.3) is 16.6 Å². The lowest BCUT2D eigenvalue weighted by molar-refractivity contribution is -0.112. The summed E-state index contributed by atoms with van der Waals surface area (Å²) < 4.78 is 0. The van der Waals surface area contributed by atoms with Crippen molar-refractivity contribution >= 4 is 40.3 Å². The van der Waals surface area contributed by atoms with Gasteiger partial charge in [-0.05, 0) is 48.6 Å². The minimum absolute atomic E-state index is 0.0306. The zero-order valence-electron chi connectivity index (χ0n) is 13.7. The first-order chi connectivity index (χ1) is 12.1. The molecule has 0 aliphatic carbocycles. The molecule has 1 amide bonds. The molecule has 2 heterocycles. The SMILES string of the molecule is Cc1cccc(NC(=O)/C(C#N)=C\c2csc(-c3ccsc3)n2)c1C. The molecule has 0 aliphatic rings. The van der Waals surface area contributed by atoms with Gasteiger partial charge in [-0.25, -0.2) is 4.98 Å². The molecule has 2 aromatic heterocycles. The second-order valence-electron chi connectivity index (χ2n) is 5.46. The zero-order valence-corrected chi connectivity index (χ0v) is 15.4. The maximum Gasteiger partial charge on any atom is 0.266 e. The van der Waals surface area contributed by atoms with Gasteiger partial charge >= 0.3 is 0 Å². The Balaban J connectivity index is 1.82. The number of nitrogens with zero attached hydrogens (tertiary/aromatic N) is 2. The maximum absolute atomic E-state index is 12.4. The number of carbonyl (C=O) groups is 1. The molecule has 0 fully saturated rings. The molecule has 0 radical (unpaired) electrons. The zero-order chi connectivity index (χ0) is 17.8. The summed E-state index contributed by atoms with van der Waals surface area (Å²) in [5.41, 5.74) is 4.47. The summed E-state index contributed by atoms with van der Waals surface area (Å²) in [5.74, 6) is -0.429. The minimum Gasteiger partial charge on any atom is -0.321 e. The normalized spacial score (nSPS) is 11.2. The van der Waals surface area contributed by atoms with Crippen LogP contribution in [-0.2, 0) is 4.79 Å². The van der Waals surface area contributed by atoms with Gasteiger partial charge in [-0.3, -0.25) is 4.79 Å². The summed E-state index contributed by atoms with van der Waals surface area (Å²) in [4.78, 5) is 16.9. The van der Waals surface area contributed by atoms with E-state index in [1.54, 1.807) is 11.3 Å². The van der Waals surface area contributed by atoms with E-state index in [4.69, 9.17) is 0 Å². The van der Waals surface area contributed by atoms with Crippen molar-refractivity contribution in [2.24, 2.45) is 0 Å². The molecule has 1 N–H and O–H groups in total. The number of benzene rings is 1. The third-order valence-electron chi connectivity index (χ3n) is 3.80. The van der Waals surface area contributed by atoms with Crippen molar-refractivity contribution in [1.29, 1.82) is 5.26 Å². The van der Waals surface area contributed by atoms with Crippen LogP contribution >= 0.6 is 22.7 Å². The van der Waals surface area contributed by atoms with Crippen LogP contribution in [0.5, 0.6) is 0 Å². The van der Waals surface area contributed by atoms with Gasteiger partial charge in [0, 0.05) is 22.0 Å². The number of rotatable bonds is 4. The highest BCUT2D eigenvalue weighted by Gasteiger charge is 2.13. The highest BCUT2D eigenvalue weighted by molar-refractivity contribution is 7.14. The molecular weight excluding hydrogens is 350 g/mol. The highest BCUT2D eigenvalue weighted by Crippen LogP contribution is 2.26. The predicted octanol–water partition coefficient (Wildman–Crippen LogP) is 5.03. The molecule has 0 bridgehead atoms. The van der Waals surface area contributed by atoms with E-state index in [0.29, 0.717) is 11.4 Å². The largest absolute Gasteiger partial charge is 0.321 e. The average molecular weight is 365 g/mol. The van der Waals surface area contributed by atoms with Gasteiger partial charge in [-0.2, -0.15) is 16.6 Å². The van der Waals surface area contributed by atoms with Gasteiger partial charge in [-0.15, -0.1) is 11.3 Å². The van der Waals surface area contributed by atoms with Gasteiger partial charge in [0.15, 0.2) is 0 Å². The number of hydrogen-bond donors (Lipinski definition) is 1. The fraction of sp³-hybridized carbons (Fsp3) is 0.105. The van der Waals surface area contributed by atoms with E-state index < -0.39 is 5.91 Å². The van der Waals surface area contributed by atoms with Crippen molar-refractivity contribution in [2.75, 3.05) is 5.32 Å². The number of aryl methyl sites for hydroxylation is 1. The van der Waals surface area contributed by atoms with Crippen molar-refractivity contribution in [3.05, 3.63) is 62.8 Å². The molecule has 6 heteroatoms. The average Bonchev–Trinajstić information content (AvgIpc) is 3.27. The first-order valence-corrected chi connectivity index (χ1v) is 9.38. The van der Waals surface area contributed by atoms with Crippen molar-refractivity contribution in [3.63, 3.8) is 0 Å². The lowest BCUT2D eigenvalue weighted by atomic mass is 10.1. The summed E-state index contributed by atoms with van der Waals surface area (Å²) in [6.07, 6.45) is 1.52. The van der Waals surface area contributed by atoms with Crippen molar-refractivity contribution < 1.29 is 4.79 Å². The molecule has 1 aromatic carbocycles. The van der Waals surface area contributed by atoms with Gasteiger partial charge in [0.25, 0.3) is 5.91 Å². The molecule has 124 valence electrons. The highest BCUT2D eigenvalue weighted by atomic mass is 32.1. The van der Waals surface area contributed by atoms with Crippen LogP contribution in [0.15, 0.2) is 46.0 Å². The van der Waals surface area contributed by atoms with E-state index in [2.05, 4.69) is 10.3 Å². The number of carbonyl (C=O) groups excluding carboxylic acids is 1. The Morgan fingerprint density at radius 2 is 2.12 bits per heavy atom. The van der Waals surface area contributed by atoms with Crippen LogP contribution in [-0.4, -0.2) is 10.9 Å². The van der Waals surface area contributed by atoms with E-state index >= 15 is 0 Å². The van der Waals surface area contributed by atoms with E-state index in [0.717, 1.165) is 21.7 Å². The van der Waals surface area contributed by atoms with Gasteiger partial charge in [0.05, 0.1) is 5.69 Å². The summed E-state index contributed by atoms with van der Waals surface area (Å²) in [5, 5.41) is 18.9. The van der Waals surface area contributed by atoms with E-state index in [1.807, 2.05) is 60.3 Å². The number of nitriles is 1. The van der Waals surface area contributed by atoms with Crippen LogP contribution in [0.4, 0.5) is 5.69 Å². The van der Waals surface area contributed by atoms with Gasteiger partial charge in [0.1, 0.15) is 16.6 Å². The second kappa shape index (κ2) is 7.43. The van der Waals surface area contributed by atoms with Crippen molar-refractivity contribution in [3.8, 4) is 16.6 Å². The summed E-state index contributed by atoms with van der Waals surface area (Å²) in [6.45, 7) is 3.92. The predicted molar refractivity (Wildman–Crippen MR) is 104 cm³/mol. The molecule has 0 spiro atoms. The quantitative estimate of drug-likeness (QED) is 0.521. The number of thiophene rings is 1. The first kappa shape index (κ1) is 17.1. The third-order valence-corrected chi connectivity index (χ3v) is 5.39. The Hall–Kier alpha value is -2.75. The molecule has 0 saturated heterocycles. The molecule has 0 saturated carbocycles. The van der Waals surface area contributed by atoms with E-state index in [1.165, 1.54) is 17.4 Å². The van der Waals surface area contributed by atoms with Crippen molar-refractivity contribution in [1.82, 2.24) is 4.98 Å². The lowest BCUT2D eigenvalue weighted by Gasteiger charge is -2.09. The molecule has 0 unspecified atom stereocenters. The molecule has 25 heavy (non-hydrogen) atoms. The third kappa shape index (κ3) is 3.85. The standard InChI is InChI=1S/C19H15N3OS2/c1-12-4-3-5-17(13(12)2)22-18(23)15(9-20)8-16-11-25-19(21-16)14-6-7-24-10-14/h3-8,10-11H,1-2H3,(H,22,23)/b15-8-. The maximum atomic E-state index is 12.4. The molecule has 3 aromatic rings. The monoisotopic (exact) mass is 365 g/mol. The van der Waals surface area contributed by atoms with Crippen LogP contribution < -0.4 is 5.32 Å². The molecular formula is C19H15N3OS2. The Labute approximate surface area is 154 Å². The van der Waals surface area contributed by atoms with Crippen LogP contribution in [0.3, 0.4) is 0 Å². The van der Waals surface area contributed by atoms with Crippen LogP contribution in [0.1, 0.15) is 16.8 Å². The number of anilines is 1. The van der Waals surface area contributed by atoms with Gasteiger partial charge in [-0.1, -0.05) is 12.1 Å². The van der Waals surface area contributed by atoms with Crippen LogP contribution in [0, 0.1) is 25.2 Å². The van der Waals surface area contributed by atoms with Gasteiger partial charge < -0.3 is 5.32 Å². The summed E-state index contributed by atoms with van der Waals surface area (Å²) >= 11 is 3.10. The molecule has 3 rings (SSSR count). The Kier molecular flexibility index (Phi) is 5.08.